The highest BCUT2D eigenvalue weighted by Gasteiger charge is 2.36. The molecule has 2 aliphatic rings. The first kappa shape index (κ1) is 15.3. The summed E-state index contributed by atoms with van der Waals surface area (Å²) < 4.78 is 25.3. The molecule has 0 aromatic rings. The van der Waals surface area contributed by atoms with E-state index in [1.165, 1.54) is 19.3 Å². The molecule has 2 fully saturated rings. The molecule has 1 atom stereocenters. The van der Waals surface area contributed by atoms with Crippen molar-refractivity contribution in [1.82, 2.24) is 9.62 Å². The Kier molecular flexibility index (Phi) is 4.58. The van der Waals surface area contributed by atoms with Gasteiger partial charge in [-0.1, -0.05) is 20.3 Å². The minimum atomic E-state index is -2.99. The van der Waals surface area contributed by atoms with Gasteiger partial charge in [-0.05, 0) is 38.0 Å². The normalized spacial score (nSPS) is 29.7. The van der Waals surface area contributed by atoms with E-state index in [1.807, 2.05) is 0 Å². The second-order valence-corrected chi connectivity index (χ2v) is 8.93. The fraction of sp³-hybridized carbons (Fsp3) is 1.00. The Balaban J connectivity index is 1.84. The van der Waals surface area contributed by atoms with Gasteiger partial charge in [0.2, 0.25) is 10.0 Å². The summed E-state index contributed by atoms with van der Waals surface area (Å²) in [4.78, 5) is 0. The van der Waals surface area contributed by atoms with E-state index in [1.54, 1.807) is 11.2 Å². The minimum Gasteiger partial charge on any atom is -0.311 e. The van der Waals surface area contributed by atoms with Gasteiger partial charge in [-0.15, -0.1) is 0 Å². The summed E-state index contributed by atoms with van der Waals surface area (Å²) in [6, 6.07) is 1.09. The van der Waals surface area contributed by atoms with Crippen LogP contribution in [0.15, 0.2) is 0 Å². The zero-order valence-electron chi connectivity index (χ0n) is 12.5. The lowest BCUT2D eigenvalue weighted by atomic mass is 9.86. The van der Waals surface area contributed by atoms with Gasteiger partial charge in [0.25, 0.3) is 0 Å². The van der Waals surface area contributed by atoms with Crippen molar-refractivity contribution in [3.05, 3.63) is 0 Å². The molecule has 2 rings (SSSR count). The third-order valence-electron chi connectivity index (χ3n) is 4.91. The SMILES string of the molecule is CCS(=O)(=O)N1CCC(NC2CCCC2(C)C)CC1. The molecule has 0 aromatic carbocycles. The predicted octanol–water partition coefficient (Wildman–Crippen LogP) is 1.97. The number of nitrogens with zero attached hydrogens (tertiary/aromatic N) is 1. The van der Waals surface area contributed by atoms with Gasteiger partial charge in [0.05, 0.1) is 5.75 Å². The highest BCUT2D eigenvalue weighted by atomic mass is 32.2. The summed E-state index contributed by atoms with van der Waals surface area (Å²) in [5.41, 5.74) is 0.395. The molecule has 1 N–H and O–H groups in total. The molecule has 0 bridgehead atoms. The number of hydrogen-bond acceptors (Lipinski definition) is 3. The highest BCUT2D eigenvalue weighted by Crippen LogP contribution is 2.37. The van der Waals surface area contributed by atoms with Crippen molar-refractivity contribution in [3.63, 3.8) is 0 Å². The van der Waals surface area contributed by atoms with Crippen molar-refractivity contribution in [1.29, 1.82) is 0 Å². The molecular weight excluding hydrogens is 260 g/mol. The Labute approximate surface area is 118 Å². The molecule has 0 radical (unpaired) electrons. The van der Waals surface area contributed by atoms with E-state index < -0.39 is 10.0 Å². The number of rotatable bonds is 4. The Hall–Kier alpha value is -0.130. The Morgan fingerprint density at radius 1 is 1.21 bits per heavy atom. The highest BCUT2D eigenvalue weighted by molar-refractivity contribution is 7.89. The summed E-state index contributed by atoms with van der Waals surface area (Å²) >= 11 is 0. The van der Waals surface area contributed by atoms with Gasteiger partial charge in [0, 0.05) is 25.2 Å². The molecule has 1 saturated heterocycles. The van der Waals surface area contributed by atoms with Crippen LogP contribution in [0.25, 0.3) is 0 Å². The topological polar surface area (TPSA) is 49.4 Å². The molecule has 19 heavy (non-hydrogen) atoms. The Morgan fingerprint density at radius 2 is 1.84 bits per heavy atom. The van der Waals surface area contributed by atoms with Crippen molar-refractivity contribution in [2.24, 2.45) is 5.41 Å². The number of hydrogen-bond donors (Lipinski definition) is 1. The first-order chi connectivity index (χ1) is 8.85. The van der Waals surface area contributed by atoms with Crippen LogP contribution < -0.4 is 5.32 Å². The molecule has 1 heterocycles. The number of nitrogens with one attached hydrogen (secondary N) is 1. The van der Waals surface area contributed by atoms with Crippen LogP contribution >= 0.6 is 0 Å². The fourth-order valence-electron chi connectivity index (χ4n) is 3.40. The Morgan fingerprint density at radius 3 is 2.32 bits per heavy atom. The van der Waals surface area contributed by atoms with Gasteiger partial charge < -0.3 is 5.32 Å². The van der Waals surface area contributed by atoms with Crippen molar-refractivity contribution < 1.29 is 8.42 Å². The smallest absolute Gasteiger partial charge is 0.213 e. The molecule has 1 saturated carbocycles. The molecule has 4 nitrogen and oxygen atoms in total. The van der Waals surface area contributed by atoms with Gasteiger partial charge in [-0.3, -0.25) is 0 Å². The summed E-state index contributed by atoms with van der Waals surface area (Å²) in [5.74, 6) is 0.223. The standard InChI is InChI=1S/C14H28N2O2S/c1-4-19(17,18)16-10-7-12(8-11-16)15-13-6-5-9-14(13,2)3/h12-13,15H,4-11H2,1-3H3. The van der Waals surface area contributed by atoms with Crippen LogP contribution in [-0.4, -0.2) is 43.6 Å². The van der Waals surface area contributed by atoms with E-state index in [0.717, 1.165) is 12.8 Å². The van der Waals surface area contributed by atoms with Crippen LogP contribution in [0.1, 0.15) is 52.9 Å². The monoisotopic (exact) mass is 288 g/mol. The maximum absolute atomic E-state index is 11.8. The van der Waals surface area contributed by atoms with E-state index in [0.29, 0.717) is 30.6 Å². The van der Waals surface area contributed by atoms with Crippen molar-refractivity contribution in [2.45, 2.75) is 65.0 Å². The van der Waals surface area contributed by atoms with Gasteiger partial charge in [-0.2, -0.15) is 0 Å². The van der Waals surface area contributed by atoms with Crippen LogP contribution in [-0.2, 0) is 10.0 Å². The maximum atomic E-state index is 11.8. The summed E-state index contributed by atoms with van der Waals surface area (Å²) in [5, 5.41) is 3.78. The fourth-order valence-corrected chi connectivity index (χ4v) is 4.54. The largest absolute Gasteiger partial charge is 0.311 e. The number of piperidine rings is 1. The van der Waals surface area contributed by atoms with Crippen LogP contribution in [0.2, 0.25) is 0 Å². The van der Waals surface area contributed by atoms with Gasteiger partial charge >= 0.3 is 0 Å². The minimum absolute atomic E-state index is 0.223. The first-order valence-corrected chi connectivity index (χ1v) is 9.20. The summed E-state index contributed by atoms with van der Waals surface area (Å²) in [6.45, 7) is 7.77. The maximum Gasteiger partial charge on any atom is 0.213 e. The van der Waals surface area contributed by atoms with E-state index >= 15 is 0 Å². The van der Waals surface area contributed by atoms with E-state index in [-0.39, 0.29) is 5.75 Å². The zero-order chi connectivity index (χ0) is 14.1. The van der Waals surface area contributed by atoms with Crippen LogP contribution in [0, 0.1) is 5.41 Å². The second kappa shape index (κ2) is 5.70. The predicted molar refractivity (Wildman–Crippen MR) is 78.6 cm³/mol. The van der Waals surface area contributed by atoms with Crippen LogP contribution in [0.3, 0.4) is 0 Å². The second-order valence-electron chi connectivity index (χ2n) is 6.67. The first-order valence-electron chi connectivity index (χ1n) is 7.59. The third-order valence-corrected chi connectivity index (χ3v) is 6.79. The molecule has 112 valence electrons. The summed E-state index contributed by atoms with van der Waals surface area (Å²) in [7, 11) is -2.99. The molecule has 0 spiro atoms. The number of sulfonamides is 1. The molecule has 0 amide bonds. The van der Waals surface area contributed by atoms with Crippen LogP contribution in [0.4, 0.5) is 0 Å². The van der Waals surface area contributed by atoms with Gasteiger partial charge in [0.1, 0.15) is 0 Å². The summed E-state index contributed by atoms with van der Waals surface area (Å²) in [6.07, 6.45) is 5.78. The van der Waals surface area contributed by atoms with E-state index in [9.17, 15) is 8.42 Å². The molecule has 0 aromatic heterocycles. The lowest BCUT2D eigenvalue weighted by Gasteiger charge is -2.36. The third kappa shape index (κ3) is 3.50. The van der Waals surface area contributed by atoms with E-state index in [4.69, 9.17) is 0 Å². The van der Waals surface area contributed by atoms with Crippen LogP contribution in [0.5, 0.6) is 0 Å². The van der Waals surface area contributed by atoms with Gasteiger partial charge in [0.15, 0.2) is 0 Å². The quantitative estimate of drug-likeness (QED) is 0.860. The van der Waals surface area contributed by atoms with Gasteiger partial charge in [-0.25, -0.2) is 12.7 Å². The average molecular weight is 288 g/mol. The van der Waals surface area contributed by atoms with Crippen molar-refractivity contribution >= 4 is 10.0 Å². The lowest BCUT2D eigenvalue weighted by Crippen LogP contribution is -2.50. The molecular formula is C14H28N2O2S. The zero-order valence-corrected chi connectivity index (χ0v) is 13.3. The Bertz CT molecular complexity index is 398. The average Bonchev–Trinajstić information content (AvgIpc) is 2.69. The van der Waals surface area contributed by atoms with E-state index in [2.05, 4.69) is 19.2 Å². The molecule has 1 aliphatic heterocycles. The van der Waals surface area contributed by atoms with Crippen molar-refractivity contribution in [3.8, 4) is 0 Å². The molecule has 5 heteroatoms. The molecule has 1 aliphatic carbocycles. The molecule has 1 unspecified atom stereocenters. The lowest BCUT2D eigenvalue weighted by molar-refractivity contribution is 0.218. The van der Waals surface area contributed by atoms with Crippen molar-refractivity contribution in [2.75, 3.05) is 18.8 Å².